The Morgan fingerprint density at radius 2 is 1.42 bits per heavy atom. The molecule has 9 heteroatoms. The van der Waals surface area contributed by atoms with Crippen molar-refractivity contribution in [3.63, 3.8) is 0 Å². The first-order valence-corrected chi connectivity index (χ1v) is 13.7. The van der Waals surface area contributed by atoms with Crippen LogP contribution in [-0.4, -0.2) is 77.5 Å². The molecule has 4 rings (SSSR count). The molecule has 202 valence electrons. The molecule has 2 aliphatic heterocycles. The summed E-state index contributed by atoms with van der Waals surface area (Å²) in [6, 6.07) is 12.0. The minimum absolute atomic E-state index is 0.0417. The number of likely N-dealkylation sites (tertiary alicyclic amines) is 2. The van der Waals surface area contributed by atoms with E-state index < -0.39 is 0 Å². The standard InChI is InChI=1S/C29H33Cl2N3O4/c1-18(35)20-4-6-21(7-5-20)28(37)32(3)27-12-15-34(17-24(27)23-8-9-25(30)26(31)16-23)29(38)22-10-13-33(14-11-22)19(2)36/h4-9,16,22,24,27H,10-15,17H2,1-3H3/t24-,27+/m0/s1. The summed E-state index contributed by atoms with van der Waals surface area (Å²) in [6.07, 6.45) is 1.92. The molecule has 0 saturated carbocycles. The maximum atomic E-state index is 13.5. The lowest BCUT2D eigenvalue weighted by molar-refractivity contribution is -0.141. The third-order valence-electron chi connectivity index (χ3n) is 7.91. The monoisotopic (exact) mass is 557 g/mol. The van der Waals surface area contributed by atoms with Crippen LogP contribution in [0, 0.1) is 5.92 Å². The predicted octanol–water partition coefficient (Wildman–Crippen LogP) is 4.91. The quantitative estimate of drug-likeness (QED) is 0.489. The number of likely N-dealkylation sites (N-methyl/N-ethyl adjacent to an activating group) is 1. The van der Waals surface area contributed by atoms with Gasteiger partial charge in [0, 0.05) is 69.2 Å². The molecule has 38 heavy (non-hydrogen) atoms. The average molecular weight is 559 g/mol. The maximum Gasteiger partial charge on any atom is 0.253 e. The van der Waals surface area contributed by atoms with Gasteiger partial charge in [-0.3, -0.25) is 19.2 Å². The Labute approximate surface area is 233 Å². The van der Waals surface area contributed by atoms with Crippen LogP contribution in [0.3, 0.4) is 0 Å². The molecule has 0 radical (unpaired) electrons. The number of rotatable bonds is 5. The van der Waals surface area contributed by atoms with Gasteiger partial charge in [0.05, 0.1) is 10.0 Å². The molecule has 0 unspecified atom stereocenters. The highest BCUT2D eigenvalue weighted by Gasteiger charge is 2.39. The predicted molar refractivity (Wildman–Crippen MR) is 148 cm³/mol. The molecule has 0 spiro atoms. The molecular weight excluding hydrogens is 525 g/mol. The fourth-order valence-electron chi connectivity index (χ4n) is 5.58. The summed E-state index contributed by atoms with van der Waals surface area (Å²) in [5.41, 5.74) is 1.97. The Morgan fingerprint density at radius 1 is 0.816 bits per heavy atom. The van der Waals surface area contributed by atoms with Crippen LogP contribution >= 0.6 is 23.2 Å². The third kappa shape index (κ3) is 6.05. The van der Waals surface area contributed by atoms with E-state index in [1.54, 1.807) is 54.1 Å². The highest BCUT2D eigenvalue weighted by molar-refractivity contribution is 6.42. The van der Waals surface area contributed by atoms with Crippen LogP contribution in [0.2, 0.25) is 10.0 Å². The van der Waals surface area contributed by atoms with E-state index in [1.165, 1.54) is 6.92 Å². The second-order valence-corrected chi connectivity index (χ2v) is 11.1. The number of nitrogens with zero attached hydrogens (tertiary/aromatic N) is 3. The second kappa shape index (κ2) is 11.9. The van der Waals surface area contributed by atoms with Gasteiger partial charge in [0.2, 0.25) is 11.8 Å². The van der Waals surface area contributed by atoms with Gasteiger partial charge in [0.25, 0.3) is 5.91 Å². The number of Topliss-reactive ketones (excluding diaryl/α,β-unsaturated/α-hetero) is 1. The average Bonchev–Trinajstić information content (AvgIpc) is 2.93. The molecule has 7 nitrogen and oxygen atoms in total. The van der Waals surface area contributed by atoms with Crippen molar-refractivity contribution in [2.75, 3.05) is 33.2 Å². The molecule has 2 atom stereocenters. The first-order chi connectivity index (χ1) is 18.1. The van der Waals surface area contributed by atoms with Crippen molar-refractivity contribution in [1.29, 1.82) is 0 Å². The zero-order valence-corrected chi connectivity index (χ0v) is 23.5. The van der Waals surface area contributed by atoms with E-state index in [9.17, 15) is 19.2 Å². The van der Waals surface area contributed by atoms with Gasteiger partial charge in [-0.05, 0) is 56.0 Å². The molecule has 3 amide bonds. The number of carbonyl (C=O) groups is 4. The summed E-state index contributed by atoms with van der Waals surface area (Å²) in [5.74, 6) is -0.334. The van der Waals surface area contributed by atoms with Crippen LogP contribution in [0.25, 0.3) is 0 Å². The Bertz CT molecular complexity index is 1220. The number of carbonyl (C=O) groups excluding carboxylic acids is 4. The van der Waals surface area contributed by atoms with Crippen molar-refractivity contribution in [2.24, 2.45) is 5.92 Å². The van der Waals surface area contributed by atoms with Crippen molar-refractivity contribution < 1.29 is 19.2 Å². The largest absolute Gasteiger partial charge is 0.343 e. The van der Waals surface area contributed by atoms with E-state index in [2.05, 4.69) is 0 Å². The van der Waals surface area contributed by atoms with Gasteiger partial charge in [-0.2, -0.15) is 0 Å². The molecule has 2 aliphatic rings. The molecule has 0 bridgehead atoms. The molecule has 2 saturated heterocycles. The van der Waals surface area contributed by atoms with Gasteiger partial charge < -0.3 is 14.7 Å². The lowest BCUT2D eigenvalue weighted by atomic mass is 9.83. The number of hydrogen-bond acceptors (Lipinski definition) is 4. The summed E-state index contributed by atoms with van der Waals surface area (Å²) in [6.45, 7) is 5.23. The van der Waals surface area contributed by atoms with E-state index in [1.807, 2.05) is 17.0 Å². The van der Waals surface area contributed by atoms with E-state index >= 15 is 0 Å². The van der Waals surface area contributed by atoms with Gasteiger partial charge in [-0.1, -0.05) is 41.4 Å². The van der Waals surface area contributed by atoms with E-state index in [-0.39, 0.29) is 41.4 Å². The number of piperidine rings is 2. The van der Waals surface area contributed by atoms with Gasteiger partial charge in [0.15, 0.2) is 5.78 Å². The van der Waals surface area contributed by atoms with Crippen molar-refractivity contribution in [3.8, 4) is 0 Å². The van der Waals surface area contributed by atoms with E-state index in [4.69, 9.17) is 23.2 Å². The molecular formula is C29H33Cl2N3O4. The second-order valence-electron chi connectivity index (χ2n) is 10.3. The molecule has 2 aromatic carbocycles. The van der Waals surface area contributed by atoms with Crippen LogP contribution in [0.1, 0.15) is 65.3 Å². The number of benzene rings is 2. The Morgan fingerprint density at radius 3 is 2.00 bits per heavy atom. The Hall–Kier alpha value is -2.90. The molecule has 2 heterocycles. The lowest BCUT2D eigenvalue weighted by Crippen LogP contribution is -2.53. The molecule has 0 aromatic heterocycles. The van der Waals surface area contributed by atoms with Crippen LogP contribution in [-0.2, 0) is 9.59 Å². The molecule has 2 fully saturated rings. The van der Waals surface area contributed by atoms with Gasteiger partial charge in [0.1, 0.15) is 0 Å². The minimum Gasteiger partial charge on any atom is -0.343 e. The fourth-order valence-corrected chi connectivity index (χ4v) is 5.88. The normalized spacial score (nSPS) is 20.2. The lowest BCUT2D eigenvalue weighted by Gasteiger charge is -2.44. The van der Waals surface area contributed by atoms with Crippen LogP contribution in [0.5, 0.6) is 0 Å². The zero-order valence-electron chi connectivity index (χ0n) is 22.0. The van der Waals surface area contributed by atoms with Crippen LogP contribution < -0.4 is 0 Å². The highest BCUT2D eigenvalue weighted by Crippen LogP contribution is 2.35. The SMILES string of the molecule is CC(=O)c1ccc(C(=O)N(C)[C@@H]2CCN(C(=O)C3CCN(C(C)=O)CC3)C[C@H]2c2ccc(Cl)c(Cl)c2)cc1. The topological polar surface area (TPSA) is 78.0 Å². The fraction of sp³-hybridized carbons (Fsp3) is 0.448. The van der Waals surface area contributed by atoms with E-state index in [0.29, 0.717) is 66.6 Å². The van der Waals surface area contributed by atoms with Gasteiger partial charge >= 0.3 is 0 Å². The smallest absolute Gasteiger partial charge is 0.253 e. The Balaban J connectivity index is 1.55. The Kier molecular flexibility index (Phi) is 8.78. The summed E-state index contributed by atoms with van der Waals surface area (Å²) in [4.78, 5) is 55.7. The summed E-state index contributed by atoms with van der Waals surface area (Å²) in [7, 11) is 1.78. The summed E-state index contributed by atoms with van der Waals surface area (Å²) >= 11 is 12.6. The van der Waals surface area contributed by atoms with Crippen molar-refractivity contribution in [1.82, 2.24) is 14.7 Å². The van der Waals surface area contributed by atoms with Gasteiger partial charge in [-0.15, -0.1) is 0 Å². The van der Waals surface area contributed by atoms with Crippen LogP contribution in [0.15, 0.2) is 42.5 Å². The maximum absolute atomic E-state index is 13.5. The number of ketones is 1. The summed E-state index contributed by atoms with van der Waals surface area (Å²) < 4.78 is 0. The van der Waals surface area contributed by atoms with Crippen molar-refractivity contribution >= 4 is 46.7 Å². The first kappa shape index (κ1) is 28.1. The van der Waals surface area contributed by atoms with E-state index in [0.717, 1.165) is 5.56 Å². The highest BCUT2D eigenvalue weighted by atomic mass is 35.5. The van der Waals surface area contributed by atoms with Crippen molar-refractivity contribution in [2.45, 2.75) is 45.1 Å². The number of hydrogen-bond donors (Lipinski definition) is 0. The van der Waals surface area contributed by atoms with Gasteiger partial charge in [-0.25, -0.2) is 0 Å². The zero-order chi connectivity index (χ0) is 27.6. The minimum atomic E-state index is -0.171. The number of amides is 3. The van der Waals surface area contributed by atoms with Crippen LogP contribution in [0.4, 0.5) is 0 Å². The summed E-state index contributed by atoms with van der Waals surface area (Å²) in [5, 5.41) is 0.875. The number of halogens is 2. The molecule has 0 aliphatic carbocycles. The molecule has 0 N–H and O–H groups in total. The molecule has 2 aromatic rings. The van der Waals surface area contributed by atoms with Crippen molar-refractivity contribution in [3.05, 3.63) is 69.2 Å². The third-order valence-corrected chi connectivity index (χ3v) is 8.64. The first-order valence-electron chi connectivity index (χ1n) is 12.9.